The van der Waals surface area contributed by atoms with Crippen LogP contribution in [-0.4, -0.2) is 16.5 Å². The molecule has 0 atom stereocenters. The van der Waals surface area contributed by atoms with Gasteiger partial charge in [-0.2, -0.15) is 0 Å². The second kappa shape index (κ2) is 7.82. The molecule has 2 aromatic rings. The number of para-hydroxylation sites is 1. The molecule has 106 valence electrons. The molecule has 4 nitrogen and oxygen atoms in total. The zero-order valence-corrected chi connectivity index (χ0v) is 12.2. The lowest BCUT2D eigenvalue weighted by Gasteiger charge is -2.13. The number of hydrogen-bond donors (Lipinski definition) is 1. The molecular formula is C15H18ClN3O. The maximum absolute atomic E-state index is 6.21. The SMILES string of the molecule is CCCNCc1cccc(Cl)c1OCc1ncccn1. The van der Waals surface area contributed by atoms with Crippen LogP contribution in [0.2, 0.25) is 5.02 Å². The molecular weight excluding hydrogens is 274 g/mol. The van der Waals surface area contributed by atoms with Crippen LogP contribution in [0.25, 0.3) is 0 Å². The molecule has 0 aliphatic carbocycles. The van der Waals surface area contributed by atoms with Crippen LogP contribution >= 0.6 is 11.6 Å². The molecule has 0 spiro atoms. The van der Waals surface area contributed by atoms with Gasteiger partial charge in [0.2, 0.25) is 0 Å². The van der Waals surface area contributed by atoms with Crippen LogP contribution in [0.3, 0.4) is 0 Å². The van der Waals surface area contributed by atoms with Gasteiger partial charge in [0, 0.05) is 24.5 Å². The van der Waals surface area contributed by atoms with E-state index in [0.29, 0.717) is 23.2 Å². The minimum atomic E-state index is 0.311. The van der Waals surface area contributed by atoms with E-state index >= 15 is 0 Å². The lowest BCUT2D eigenvalue weighted by atomic mass is 10.2. The fraction of sp³-hybridized carbons (Fsp3) is 0.333. The van der Waals surface area contributed by atoms with Crippen LogP contribution in [0.15, 0.2) is 36.7 Å². The van der Waals surface area contributed by atoms with Crippen molar-refractivity contribution in [3.05, 3.63) is 53.1 Å². The third-order valence-electron chi connectivity index (χ3n) is 2.76. The number of halogens is 1. The van der Waals surface area contributed by atoms with Gasteiger partial charge in [0.1, 0.15) is 12.4 Å². The summed E-state index contributed by atoms with van der Waals surface area (Å²) in [5.74, 6) is 1.34. The van der Waals surface area contributed by atoms with Crippen LogP contribution in [0.1, 0.15) is 24.7 Å². The van der Waals surface area contributed by atoms with Gasteiger partial charge in [-0.05, 0) is 25.1 Å². The van der Waals surface area contributed by atoms with Crippen molar-refractivity contribution >= 4 is 11.6 Å². The number of benzene rings is 1. The topological polar surface area (TPSA) is 47.0 Å². The average molecular weight is 292 g/mol. The molecule has 1 aromatic heterocycles. The van der Waals surface area contributed by atoms with Gasteiger partial charge in [-0.25, -0.2) is 9.97 Å². The highest BCUT2D eigenvalue weighted by Crippen LogP contribution is 2.29. The highest BCUT2D eigenvalue weighted by atomic mass is 35.5. The van der Waals surface area contributed by atoms with Crippen molar-refractivity contribution in [2.24, 2.45) is 0 Å². The third-order valence-corrected chi connectivity index (χ3v) is 3.05. The predicted molar refractivity (Wildman–Crippen MR) is 79.8 cm³/mol. The van der Waals surface area contributed by atoms with Crippen LogP contribution in [-0.2, 0) is 13.2 Å². The van der Waals surface area contributed by atoms with E-state index in [0.717, 1.165) is 25.1 Å². The van der Waals surface area contributed by atoms with Gasteiger partial charge in [0.05, 0.1) is 5.02 Å². The Labute approximate surface area is 124 Å². The number of nitrogens with one attached hydrogen (secondary N) is 1. The summed E-state index contributed by atoms with van der Waals surface area (Å²) >= 11 is 6.21. The van der Waals surface area contributed by atoms with Crippen molar-refractivity contribution in [3.8, 4) is 5.75 Å². The van der Waals surface area contributed by atoms with Gasteiger partial charge in [0.15, 0.2) is 5.82 Å². The molecule has 2 rings (SSSR count). The first-order chi connectivity index (χ1) is 9.81. The Hall–Kier alpha value is -1.65. The number of hydrogen-bond acceptors (Lipinski definition) is 4. The average Bonchev–Trinajstić information content (AvgIpc) is 2.48. The Bertz CT molecular complexity index is 534. The second-order valence-electron chi connectivity index (χ2n) is 4.36. The lowest BCUT2D eigenvalue weighted by molar-refractivity contribution is 0.292. The van der Waals surface area contributed by atoms with E-state index in [4.69, 9.17) is 16.3 Å². The van der Waals surface area contributed by atoms with Crippen molar-refractivity contribution < 1.29 is 4.74 Å². The molecule has 0 unspecified atom stereocenters. The van der Waals surface area contributed by atoms with E-state index in [9.17, 15) is 0 Å². The van der Waals surface area contributed by atoms with Gasteiger partial charge in [-0.15, -0.1) is 0 Å². The van der Waals surface area contributed by atoms with Crippen LogP contribution < -0.4 is 10.1 Å². The highest BCUT2D eigenvalue weighted by Gasteiger charge is 2.09. The zero-order chi connectivity index (χ0) is 14.2. The van der Waals surface area contributed by atoms with Crippen molar-refractivity contribution in [2.45, 2.75) is 26.5 Å². The second-order valence-corrected chi connectivity index (χ2v) is 4.77. The van der Waals surface area contributed by atoms with E-state index in [2.05, 4.69) is 22.2 Å². The Morgan fingerprint density at radius 1 is 1.20 bits per heavy atom. The summed E-state index contributed by atoms with van der Waals surface area (Å²) in [5.41, 5.74) is 1.04. The van der Waals surface area contributed by atoms with Gasteiger partial charge in [-0.3, -0.25) is 0 Å². The Kier molecular flexibility index (Phi) is 5.77. The molecule has 0 aliphatic rings. The molecule has 0 bridgehead atoms. The standard InChI is InChI=1S/C15H18ClN3O/c1-2-7-17-10-12-5-3-6-13(16)15(12)20-11-14-18-8-4-9-19-14/h3-6,8-9,17H,2,7,10-11H2,1H3. The minimum absolute atomic E-state index is 0.311. The van der Waals surface area contributed by atoms with Gasteiger partial charge >= 0.3 is 0 Å². The largest absolute Gasteiger partial charge is 0.484 e. The van der Waals surface area contributed by atoms with Gasteiger partial charge < -0.3 is 10.1 Å². The summed E-state index contributed by atoms with van der Waals surface area (Å²) in [6.07, 6.45) is 4.48. The molecule has 0 saturated heterocycles. The first-order valence-corrected chi connectivity index (χ1v) is 7.06. The lowest BCUT2D eigenvalue weighted by Crippen LogP contribution is -2.15. The molecule has 20 heavy (non-hydrogen) atoms. The number of rotatable bonds is 7. The molecule has 1 aromatic carbocycles. The highest BCUT2D eigenvalue weighted by molar-refractivity contribution is 6.32. The summed E-state index contributed by atoms with van der Waals surface area (Å²) in [7, 11) is 0. The molecule has 0 aliphatic heterocycles. The zero-order valence-electron chi connectivity index (χ0n) is 11.5. The summed E-state index contributed by atoms with van der Waals surface area (Å²) < 4.78 is 5.79. The predicted octanol–water partition coefficient (Wildman–Crippen LogP) is 3.21. The third kappa shape index (κ3) is 4.18. The van der Waals surface area contributed by atoms with E-state index < -0.39 is 0 Å². The molecule has 0 saturated carbocycles. The first kappa shape index (κ1) is 14.8. The smallest absolute Gasteiger partial charge is 0.166 e. The number of ether oxygens (including phenoxy) is 1. The minimum Gasteiger partial charge on any atom is -0.484 e. The Morgan fingerprint density at radius 3 is 2.75 bits per heavy atom. The molecule has 0 amide bonds. The van der Waals surface area contributed by atoms with Crippen molar-refractivity contribution in [1.82, 2.24) is 15.3 Å². The summed E-state index contributed by atoms with van der Waals surface area (Å²) in [5, 5.41) is 3.96. The van der Waals surface area contributed by atoms with Gasteiger partial charge in [0.25, 0.3) is 0 Å². The Morgan fingerprint density at radius 2 is 2.00 bits per heavy atom. The summed E-state index contributed by atoms with van der Waals surface area (Å²) in [4.78, 5) is 8.27. The molecule has 0 radical (unpaired) electrons. The quantitative estimate of drug-likeness (QED) is 0.796. The van der Waals surface area contributed by atoms with E-state index in [1.54, 1.807) is 18.5 Å². The first-order valence-electron chi connectivity index (χ1n) is 6.68. The maximum atomic E-state index is 6.21. The summed E-state index contributed by atoms with van der Waals surface area (Å²) in [6, 6.07) is 7.54. The molecule has 1 heterocycles. The fourth-order valence-corrected chi connectivity index (χ4v) is 2.04. The van der Waals surface area contributed by atoms with Crippen molar-refractivity contribution in [1.29, 1.82) is 0 Å². The summed E-state index contributed by atoms with van der Waals surface area (Å²) in [6.45, 7) is 4.15. The molecule has 0 fully saturated rings. The van der Waals surface area contributed by atoms with Crippen LogP contribution in [0.4, 0.5) is 0 Å². The van der Waals surface area contributed by atoms with Crippen molar-refractivity contribution in [2.75, 3.05) is 6.54 Å². The monoisotopic (exact) mass is 291 g/mol. The van der Waals surface area contributed by atoms with E-state index in [1.807, 2.05) is 18.2 Å². The number of aromatic nitrogens is 2. The normalized spacial score (nSPS) is 10.5. The van der Waals surface area contributed by atoms with Gasteiger partial charge in [-0.1, -0.05) is 30.7 Å². The Balaban J connectivity index is 2.05. The molecule has 1 N–H and O–H groups in total. The van der Waals surface area contributed by atoms with E-state index in [1.165, 1.54) is 0 Å². The van der Waals surface area contributed by atoms with Crippen molar-refractivity contribution in [3.63, 3.8) is 0 Å². The van der Waals surface area contributed by atoms with Crippen LogP contribution in [0, 0.1) is 0 Å². The maximum Gasteiger partial charge on any atom is 0.166 e. The van der Waals surface area contributed by atoms with Crippen LogP contribution in [0.5, 0.6) is 5.75 Å². The van der Waals surface area contributed by atoms with E-state index in [-0.39, 0.29) is 0 Å². The number of nitrogens with zero attached hydrogens (tertiary/aromatic N) is 2. The fourth-order valence-electron chi connectivity index (χ4n) is 1.80. The molecule has 5 heteroatoms.